The van der Waals surface area contributed by atoms with Crippen LogP contribution in [0, 0.1) is 23.7 Å². The van der Waals surface area contributed by atoms with Gasteiger partial charge in [-0.1, -0.05) is 32.0 Å². The number of fused-ring (bicyclic) bond motifs is 2. The molecule has 3 aliphatic rings. The number of carbonyl (C=O) groups is 1. The van der Waals surface area contributed by atoms with Gasteiger partial charge in [-0.05, 0) is 62.7 Å². The molecule has 3 N–H and O–H groups in total. The number of rotatable bonds is 4. The molecule has 2 bridgehead atoms. The van der Waals surface area contributed by atoms with Gasteiger partial charge in [0.2, 0.25) is 5.91 Å². The molecule has 0 aromatic carbocycles. The molecule has 1 amide bonds. The highest BCUT2D eigenvalue weighted by Crippen LogP contribution is 2.48. The molecule has 0 saturated heterocycles. The summed E-state index contributed by atoms with van der Waals surface area (Å²) in [4.78, 5) is 13.2. The van der Waals surface area contributed by atoms with Gasteiger partial charge in [0.05, 0.1) is 10.5 Å². The Morgan fingerprint density at radius 1 is 1.24 bits per heavy atom. The Balaban J connectivity index is 1.65. The van der Waals surface area contributed by atoms with E-state index >= 15 is 0 Å². The van der Waals surface area contributed by atoms with Crippen LogP contribution in [0.15, 0.2) is 0 Å². The molecule has 0 heterocycles. The van der Waals surface area contributed by atoms with Gasteiger partial charge in [-0.2, -0.15) is 0 Å². The zero-order valence-electron chi connectivity index (χ0n) is 13.1. The smallest absolute Gasteiger partial charge is 0.224 e. The van der Waals surface area contributed by atoms with Gasteiger partial charge in [-0.15, -0.1) is 0 Å². The van der Waals surface area contributed by atoms with E-state index in [2.05, 4.69) is 12.2 Å². The van der Waals surface area contributed by atoms with Gasteiger partial charge in [-0.25, -0.2) is 0 Å². The molecule has 3 fully saturated rings. The Labute approximate surface area is 133 Å². The second-order valence-electron chi connectivity index (χ2n) is 7.57. The number of hydrogen-bond acceptors (Lipinski definition) is 2. The molecule has 3 nitrogen and oxygen atoms in total. The summed E-state index contributed by atoms with van der Waals surface area (Å²) in [5, 5.41) is 3.30. The van der Waals surface area contributed by atoms with Crippen molar-refractivity contribution < 1.29 is 4.79 Å². The Hall–Kier alpha value is -0.640. The normalized spacial score (nSPS) is 42.0. The molecule has 0 aromatic rings. The highest BCUT2D eigenvalue weighted by molar-refractivity contribution is 7.80. The van der Waals surface area contributed by atoms with Crippen molar-refractivity contribution >= 4 is 23.1 Å². The molecule has 3 unspecified atom stereocenters. The van der Waals surface area contributed by atoms with Crippen molar-refractivity contribution in [3.05, 3.63) is 0 Å². The maximum absolute atomic E-state index is 12.7. The number of carbonyl (C=O) groups excluding carboxylic acids is 1. The molecule has 3 atom stereocenters. The lowest BCUT2D eigenvalue weighted by atomic mass is 9.75. The first-order valence-electron chi connectivity index (χ1n) is 8.66. The van der Waals surface area contributed by atoms with Crippen LogP contribution in [-0.2, 0) is 4.79 Å². The average molecular weight is 308 g/mol. The second-order valence-corrected chi connectivity index (χ2v) is 8.01. The van der Waals surface area contributed by atoms with Crippen LogP contribution < -0.4 is 11.1 Å². The van der Waals surface area contributed by atoms with Crippen LogP contribution in [0.2, 0.25) is 0 Å². The first kappa shape index (κ1) is 15.3. The van der Waals surface area contributed by atoms with Crippen LogP contribution in [0.25, 0.3) is 0 Å². The molecule has 3 aliphatic carbocycles. The zero-order chi connectivity index (χ0) is 15.0. The summed E-state index contributed by atoms with van der Waals surface area (Å²) in [7, 11) is 0. The van der Waals surface area contributed by atoms with Crippen molar-refractivity contribution in [3.63, 3.8) is 0 Å². The summed E-state index contributed by atoms with van der Waals surface area (Å²) < 4.78 is 0. The minimum absolute atomic E-state index is 0.221. The second kappa shape index (κ2) is 5.86. The van der Waals surface area contributed by atoms with E-state index in [1.54, 1.807) is 0 Å². The van der Waals surface area contributed by atoms with Gasteiger partial charge in [0.1, 0.15) is 0 Å². The average Bonchev–Trinajstić information content (AvgIpc) is 3.10. The maximum atomic E-state index is 12.7. The summed E-state index contributed by atoms with van der Waals surface area (Å²) in [5.74, 6) is 2.63. The fourth-order valence-corrected chi connectivity index (χ4v) is 5.16. The number of nitrogens with one attached hydrogen (secondary N) is 1. The standard InChI is InChI=1S/C17H28N2OS/c1-2-11-5-7-17(8-6-11,16(18)21)19-15(20)14-10-12-3-4-13(14)9-12/h11-14H,2-10H2,1H3,(H2,18,21)(H,19,20). The van der Waals surface area contributed by atoms with E-state index in [4.69, 9.17) is 18.0 Å². The van der Waals surface area contributed by atoms with Crippen LogP contribution in [0.1, 0.15) is 64.7 Å². The van der Waals surface area contributed by atoms with E-state index in [0.717, 1.165) is 43.9 Å². The predicted octanol–water partition coefficient (Wildman–Crippen LogP) is 3.16. The fraction of sp³-hybridized carbons (Fsp3) is 0.882. The highest BCUT2D eigenvalue weighted by atomic mass is 32.1. The lowest BCUT2D eigenvalue weighted by molar-refractivity contribution is -0.128. The zero-order valence-corrected chi connectivity index (χ0v) is 13.9. The SMILES string of the molecule is CCC1CCC(NC(=O)C2CC3CCC2C3)(C(N)=S)CC1. The molecule has 4 heteroatoms. The molecule has 0 radical (unpaired) electrons. The Morgan fingerprint density at radius 3 is 2.43 bits per heavy atom. The first-order chi connectivity index (χ1) is 10.0. The fourth-order valence-electron chi connectivity index (χ4n) is 4.91. The van der Waals surface area contributed by atoms with Gasteiger partial charge in [0, 0.05) is 5.92 Å². The molecule has 3 saturated carbocycles. The van der Waals surface area contributed by atoms with Crippen LogP contribution in [0.4, 0.5) is 0 Å². The number of amides is 1. The number of thiocarbonyl (C=S) groups is 1. The third kappa shape index (κ3) is 2.84. The van der Waals surface area contributed by atoms with Gasteiger partial charge >= 0.3 is 0 Å². The Bertz CT molecular complexity index is 429. The van der Waals surface area contributed by atoms with Crippen molar-refractivity contribution in [2.75, 3.05) is 0 Å². The number of hydrogen-bond donors (Lipinski definition) is 2. The monoisotopic (exact) mass is 308 g/mol. The van der Waals surface area contributed by atoms with E-state index in [0.29, 0.717) is 10.9 Å². The summed E-state index contributed by atoms with van der Waals surface area (Å²) in [6.45, 7) is 2.24. The minimum atomic E-state index is -0.403. The van der Waals surface area contributed by atoms with Crippen molar-refractivity contribution in [1.82, 2.24) is 5.32 Å². The van der Waals surface area contributed by atoms with Gasteiger partial charge in [0.15, 0.2) is 0 Å². The largest absolute Gasteiger partial charge is 0.391 e. The van der Waals surface area contributed by atoms with Crippen LogP contribution in [0.5, 0.6) is 0 Å². The number of nitrogens with two attached hydrogens (primary N) is 1. The van der Waals surface area contributed by atoms with Crippen molar-refractivity contribution in [1.29, 1.82) is 0 Å². The molecular formula is C17H28N2OS. The third-order valence-corrected chi connectivity index (χ3v) is 6.84. The van der Waals surface area contributed by atoms with Crippen LogP contribution in [-0.4, -0.2) is 16.4 Å². The lowest BCUT2D eigenvalue weighted by Gasteiger charge is -2.41. The van der Waals surface area contributed by atoms with Crippen molar-refractivity contribution in [2.45, 2.75) is 70.3 Å². The minimum Gasteiger partial charge on any atom is -0.391 e. The van der Waals surface area contributed by atoms with Crippen LogP contribution in [0.3, 0.4) is 0 Å². The molecule has 0 aliphatic heterocycles. The molecule has 0 aromatic heterocycles. The molecular weight excluding hydrogens is 280 g/mol. The van der Waals surface area contributed by atoms with E-state index in [1.807, 2.05) is 0 Å². The summed E-state index contributed by atoms with van der Waals surface area (Å²) in [6.07, 6.45) is 10.2. The topological polar surface area (TPSA) is 55.1 Å². The highest BCUT2D eigenvalue weighted by Gasteiger charge is 2.46. The lowest BCUT2D eigenvalue weighted by Crippen LogP contribution is -2.59. The van der Waals surface area contributed by atoms with Crippen molar-refractivity contribution in [3.8, 4) is 0 Å². The maximum Gasteiger partial charge on any atom is 0.224 e. The van der Waals surface area contributed by atoms with E-state index in [1.165, 1.54) is 25.7 Å². The van der Waals surface area contributed by atoms with Gasteiger partial charge in [0.25, 0.3) is 0 Å². The predicted molar refractivity (Wildman–Crippen MR) is 88.8 cm³/mol. The van der Waals surface area contributed by atoms with E-state index < -0.39 is 5.54 Å². The van der Waals surface area contributed by atoms with Crippen molar-refractivity contribution in [2.24, 2.45) is 29.4 Å². The van der Waals surface area contributed by atoms with Gasteiger partial charge in [-0.3, -0.25) is 4.79 Å². The van der Waals surface area contributed by atoms with E-state index in [9.17, 15) is 4.79 Å². The molecule has 0 spiro atoms. The first-order valence-corrected chi connectivity index (χ1v) is 9.07. The molecule has 3 rings (SSSR count). The Kier molecular flexibility index (Phi) is 4.26. The third-order valence-electron chi connectivity index (χ3n) is 6.45. The summed E-state index contributed by atoms with van der Waals surface area (Å²) >= 11 is 5.33. The van der Waals surface area contributed by atoms with Gasteiger partial charge < -0.3 is 11.1 Å². The van der Waals surface area contributed by atoms with E-state index in [-0.39, 0.29) is 11.8 Å². The van der Waals surface area contributed by atoms with Crippen LogP contribution >= 0.6 is 12.2 Å². The summed E-state index contributed by atoms with van der Waals surface area (Å²) in [6, 6.07) is 0. The molecule has 21 heavy (non-hydrogen) atoms. The Morgan fingerprint density at radius 2 is 1.95 bits per heavy atom. The summed E-state index contributed by atoms with van der Waals surface area (Å²) in [5.41, 5.74) is 5.63. The quantitative estimate of drug-likeness (QED) is 0.784. The molecule has 118 valence electrons.